The summed E-state index contributed by atoms with van der Waals surface area (Å²) in [7, 11) is 0. The van der Waals surface area contributed by atoms with E-state index in [-0.39, 0.29) is 10.8 Å². The summed E-state index contributed by atoms with van der Waals surface area (Å²) in [6.07, 6.45) is 6.51. The van der Waals surface area contributed by atoms with Gasteiger partial charge in [-0.25, -0.2) is 4.99 Å². The Kier molecular flexibility index (Phi) is 3.13. The SMILES string of the molecule is CC1(C)C(N=C(N)NC2CCCCC2)C1(C)C. The molecule has 0 aliphatic heterocycles. The number of guanidine groups is 1. The van der Waals surface area contributed by atoms with Crippen molar-refractivity contribution in [3.05, 3.63) is 0 Å². The Labute approximate surface area is 105 Å². The molecule has 2 rings (SSSR count). The summed E-state index contributed by atoms with van der Waals surface area (Å²) in [6.45, 7) is 9.09. The molecule has 0 spiro atoms. The number of nitrogens with two attached hydrogens (primary N) is 1. The summed E-state index contributed by atoms with van der Waals surface area (Å²) in [5.74, 6) is 0.653. The largest absolute Gasteiger partial charge is 0.370 e. The lowest BCUT2D eigenvalue weighted by atomic mass is 9.96. The van der Waals surface area contributed by atoms with Gasteiger partial charge in [0.2, 0.25) is 0 Å². The van der Waals surface area contributed by atoms with Crippen molar-refractivity contribution in [2.24, 2.45) is 21.6 Å². The minimum absolute atomic E-state index is 0.284. The van der Waals surface area contributed by atoms with Gasteiger partial charge in [0, 0.05) is 6.04 Å². The zero-order chi connectivity index (χ0) is 12.7. The number of rotatable bonds is 2. The molecule has 2 aliphatic rings. The van der Waals surface area contributed by atoms with Crippen molar-refractivity contribution in [3.8, 4) is 0 Å². The van der Waals surface area contributed by atoms with E-state index in [2.05, 4.69) is 38.0 Å². The third kappa shape index (κ3) is 2.29. The van der Waals surface area contributed by atoms with Crippen molar-refractivity contribution in [2.45, 2.75) is 71.9 Å². The molecule has 2 fully saturated rings. The predicted molar refractivity (Wildman–Crippen MR) is 73.0 cm³/mol. The molecule has 0 unspecified atom stereocenters. The van der Waals surface area contributed by atoms with Gasteiger partial charge < -0.3 is 11.1 Å². The molecule has 0 amide bonds. The van der Waals surface area contributed by atoms with Crippen LogP contribution in [-0.4, -0.2) is 18.0 Å². The Morgan fingerprint density at radius 1 is 1.06 bits per heavy atom. The molecule has 0 radical (unpaired) electrons. The number of hydrogen-bond donors (Lipinski definition) is 2. The first-order chi connectivity index (χ1) is 7.85. The quantitative estimate of drug-likeness (QED) is 0.573. The Balaban J connectivity index is 1.90. The number of nitrogens with one attached hydrogen (secondary N) is 1. The fourth-order valence-electron chi connectivity index (χ4n) is 3.12. The highest BCUT2D eigenvalue weighted by molar-refractivity contribution is 5.78. The van der Waals surface area contributed by atoms with Crippen LogP contribution < -0.4 is 11.1 Å². The van der Waals surface area contributed by atoms with E-state index in [9.17, 15) is 0 Å². The highest BCUT2D eigenvalue weighted by Gasteiger charge is 2.65. The molecule has 0 atom stereocenters. The second kappa shape index (κ2) is 4.18. The summed E-state index contributed by atoms with van der Waals surface area (Å²) in [5.41, 5.74) is 6.59. The van der Waals surface area contributed by atoms with E-state index in [1.165, 1.54) is 32.1 Å². The van der Waals surface area contributed by atoms with Crippen molar-refractivity contribution >= 4 is 5.96 Å². The molecule has 3 nitrogen and oxygen atoms in total. The molecule has 3 N–H and O–H groups in total. The number of hydrogen-bond acceptors (Lipinski definition) is 1. The van der Waals surface area contributed by atoms with Crippen LogP contribution in [0.5, 0.6) is 0 Å². The molecule has 2 aliphatic carbocycles. The maximum atomic E-state index is 6.03. The molecule has 0 heterocycles. The fraction of sp³-hybridized carbons (Fsp3) is 0.929. The van der Waals surface area contributed by atoms with Gasteiger partial charge in [-0.2, -0.15) is 0 Å². The maximum absolute atomic E-state index is 6.03. The van der Waals surface area contributed by atoms with Gasteiger partial charge in [0.25, 0.3) is 0 Å². The summed E-state index contributed by atoms with van der Waals surface area (Å²) in [4.78, 5) is 4.67. The Hall–Kier alpha value is -0.730. The van der Waals surface area contributed by atoms with Crippen LogP contribution in [0.2, 0.25) is 0 Å². The first-order valence-corrected chi connectivity index (χ1v) is 6.95. The Morgan fingerprint density at radius 2 is 1.59 bits per heavy atom. The van der Waals surface area contributed by atoms with Gasteiger partial charge in [0.15, 0.2) is 5.96 Å². The van der Waals surface area contributed by atoms with Crippen LogP contribution in [0, 0.1) is 10.8 Å². The van der Waals surface area contributed by atoms with Gasteiger partial charge in [0.05, 0.1) is 6.04 Å². The third-order valence-corrected chi connectivity index (χ3v) is 5.17. The van der Waals surface area contributed by atoms with Gasteiger partial charge in [0.1, 0.15) is 0 Å². The minimum atomic E-state index is 0.284. The van der Waals surface area contributed by atoms with Gasteiger partial charge >= 0.3 is 0 Å². The van der Waals surface area contributed by atoms with Crippen LogP contribution in [0.25, 0.3) is 0 Å². The molecule has 0 aromatic heterocycles. The van der Waals surface area contributed by atoms with E-state index < -0.39 is 0 Å². The van der Waals surface area contributed by atoms with E-state index in [1.807, 2.05) is 0 Å². The van der Waals surface area contributed by atoms with Crippen LogP contribution in [0.1, 0.15) is 59.8 Å². The van der Waals surface area contributed by atoms with Crippen molar-refractivity contribution in [1.82, 2.24) is 5.32 Å². The Morgan fingerprint density at radius 3 is 2.06 bits per heavy atom. The summed E-state index contributed by atoms with van der Waals surface area (Å²) in [6, 6.07) is 0.920. The lowest BCUT2D eigenvalue weighted by Gasteiger charge is -2.23. The van der Waals surface area contributed by atoms with E-state index in [1.54, 1.807) is 0 Å². The molecular formula is C14H27N3. The van der Waals surface area contributed by atoms with E-state index >= 15 is 0 Å². The van der Waals surface area contributed by atoms with Gasteiger partial charge in [-0.05, 0) is 23.7 Å². The van der Waals surface area contributed by atoms with E-state index in [4.69, 9.17) is 5.73 Å². The number of aliphatic imine (C=N–C) groups is 1. The highest BCUT2D eigenvalue weighted by atomic mass is 15.2. The molecule has 17 heavy (non-hydrogen) atoms. The Bertz CT molecular complexity index is 297. The smallest absolute Gasteiger partial charge is 0.189 e. The van der Waals surface area contributed by atoms with Crippen LogP contribution in [0.15, 0.2) is 4.99 Å². The fourth-order valence-corrected chi connectivity index (χ4v) is 3.12. The monoisotopic (exact) mass is 237 g/mol. The second-order valence-electron chi connectivity index (χ2n) is 6.84. The molecule has 0 aromatic carbocycles. The highest BCUT2D eigenvalue weighted by Crippen LogP contribution is 2.64. The second-order valence-corrected chi connectivity index (χ2v) is 6.84. The van der Waals surface area contributed by atoms with Gasteiger partial charge in [-0.15, -0.1) is 0 Å². The van der Waals surface area contributed by atoms with E-state index in [0.717, 1.165) is 0 Å². The van der Waals surface area contributed by atoms with Crippen molar-refractivity contribution < 1.29 is 0 Å². The van der Waals surface area contributed by atoms with Crippen molar-refractivity contribution in [3.63, 3.8) is 0 Å². The molecule has 0 bridgehead atoms. The van der Waals surface area contributed by atoms with Crippen LogP contribution in [0.4, 0.5) is 0 Å². The molecule has 0 saturated heterocycles. The molecule has 98 valence electrons. The third-order valence-electron chi connectivity index (χ3n) is 5.17. The first kappa shape index (κ1) is 12.7. The normalized spacial score (nSPS) is 29.1. The lowest BCUT2D eigenvalue weighted by Crippen LogP contribution is -2.41. The van der Waals surface area contributed by atoms with Crippen LogP contribution in [-0.2, 0) is 0 Å². The summed E-state index contributed by atoms with van der Waals surface area (Å²) < 4.78 is 0. The maximum Gasteiger partial charge on any atom is 0.189 e. The zero-order valence-electron chi connectivity index (χ0n) is 11.7. The van der Waals surface area contributed by atoms with Crippen molar-refractivity contribution in [2.75, 3.05) is 0 Å². The average Bonchev–Trinajstić information content (AvgIpc) is 2.62. The summed E-state index contributed by atoms with van der Waals surface area (Å²) >= 11 is 0. The molecule has 3 heteroatoms. The average molecular weight is 237 g/mol. The summed E-state index contributed by atoms with van der Waals surface area (Å²) in [5, 5.41) is 3.39. The van der Waals surface area contributed by atoms with Gasteiger partial charge in [-0.3, -0.25) is 0 Å². The first-order valence-electron chi connectivity index (χ1n) is 6.95. The zero-order valence-corrected chi connectivity index (χ0v) is 11.7. The minimum Gasteiger partial charge on any atom is -0.370 e. The predicted octanol–water partition coefficient (Wildman–Crippen LogP) is 2.66. The lowest BCUT2D eigenvalue weighted by molar-refractivity contribution is 0.412. The molecule has 0 aromatic rings. The van der Waals surface area contributed by atoms with E-state index in [0.29, 0.717) is 18.0 Å². The standard InChI is InChI=1S/C14H27N3/c1-13(2)11(14(13,3)4)17-12(15)16-10-8-6-5-7-9-10/h10-11H,5-9H2,1-4H3,(H3,15,16,17). The molecule has 2 saturated carbocycles. The van der Waals surface area contributed by atoms with Crippen LogP contribution >= 0.6 is 0 Å². The number of nitrogens with zero attached hydrogens (tertiary/aromatic N) is 1. The molecular weight excluding hydrogens is 210 g/mol. The van der Waals surface area contributed by atoms with Gasteiger partial charge in [-0.1, -0.05) is 47.0 Å². The van der Waals surface area contributed by atoms with Crippen molar-refractivity contribution in [1.29, 1.82) is 0 Å². The van der Waals surface area contributed by atoms with Crippen LogP contribution in [0.3, 0.4) is 0 Å². The topological polar surface area (TPSA) is 50.4 Å².